The molecule has 5 heteroatoms. The molecule has 2 rings (SSSR count). The van der Waals surface area contributed by atoms with Gasteiger partial charge in [0.25, 0.3) is 11.8 Å². The molecular formula is C22H28N2O3. The summed E-state index contributed by atoms with van der Waals surface area (Å²) in [5, 5.41) is 5.62. The average molecular weight is 368 g/mol. The maximum absolute atomic E-state index is 12.6. The molecule has 0 saturated carbocycles. The second kappa shape index (κ2) is 9.21. The summed E-state index contributed by atoms with van der Waals surface area (Å²) < 4.78 is 5.80. The van der Waals surface area contributed by atoms with Crippen molar-refractivity contribution in [2.75, 3.05) is 11.9 Å². The largest absolute Gasteiger partial charge is 0.481 e. The Morgan fingerprint density at radius 1 is 1.07 bits per heavy atom. The highest BCUT2D eigenvalue weighted by Gasteiger charge is 2.17. The maximum Gasteiger partial charge on any atom is 0.265 e. The summed E-state index contributed by atoms with van der Waals surface area (Å²) in [5.74, 6) is 0.623. The van der Waals surface area contributed by atoms with Crippen LogP contribution in [0.25, 0.3) is 0 Å². The number of rotatable bonds is 7. The van der Waals surface area contributed by atoms with Crippen molar-refractivity contribution in [1.29, 1.82) is 0 Å². The number of ether oxygens (including phenoxy) is 1. The van der Waals surface area contributed by atoms with Crippen molar-refractivity contribution in [1.82, 2.24) is 5.32 Å². The minimum Gasteiger partial charge on any atom is -0.481 e. The lowest BCUT2D eigenvalue weighted by atomic mass is 10.0. The molecule has 2 aromatic rings. The van der Waals surface area contributed by atoms with Crippen molar-refractivity contribution < 1.29 is 14.3 Å². The molecule has 0 heterocycles. The fraction of sp³-hybridized carbons (Fsp3) is 0.364. The normalized spacial score (nSPS) is 11.8. The van der Waals surface area contributed by atoms with Gasteiger partial charge in [0.2, 0.25) is 0 Å². The Hall–Kier alpha value is -2.82. The van der Waals surface area contributed by atoms with Gasteiger partial charge in [0, 0.05) is 17.8 Å². The average Bonchev–Trinajstić information content (AvgIpc) is 2.63. The Balaban J connectivity index is 2.09. The van der Waals surface area contributed by atoms with E-state index in [2.05, 4.69) is 24.5 Å². The van der Waals surface area contributed by atoms with Gasteiger partial charge >= 0.3 is 0 Å². The van der Waals surface area contributed by atoms with Gasteiger partial charge in [0.05, 0.1) is 0 Å². The number of carbonyl (C=O) groups excluding carboxylic acids is 2. The fourth-order valence-electron chi connectivity index (χ4n) is 2.60. The van der Waals surface area contributed by atoms with Crippen LogP contribution in [0, 0.1) is 6.92 Å². The number of nitrogens with one attached hydrogen (secondary N) is 2. The van der Waals surface area contributed by atoms with Gasteiger partial charge in [-0.25, -0.2) is 0 Å². The SMILES string of the molecule is CCNC(=O)c1ccc(C)c(NC(=O)C(C)Oc2cccc(C(C)C)c2)c1. The number of aryl methyl sites for hydroxylation is 1. The quantitative estimate of drug-likeness (QED) is 0.767. The highest BCUT2D eigenvalue weighted by Crippen LogP contribution is 2.22. The smallest absolute Gasteiger partial charge is 0.265 e. The standard InChI is InChI=1S/C22H28N2O3/c1-6-23-22(26)18-11-10-15(4)20(13-18)24-21(25)16(5)27-19-9-7-8-17(12-19)14(2)3/h7-14,16H,6H2,1-5H3,(H,23,26)(H,24,25). The first-order chi connectivity index (χ1) is 12.8. The monoisotopic (exact) mass is 368 g/mol. The number of hydrogen-bond acceptors (Lipinski definition) is 3. The van der Waals surface area contributed by atoms with Gasteiger partial charge in [-0.1, -0.05) is 32.0 Å². The number of anilines is 1. The maximum atomic E-state index is 12.6. The molecule has 0 radical (unpaired) electrons. The van der Waals surface area contributed by atoms with Crippen LogP contribution >= 0.6 is 0 Å². The molecule has 2 aromatic carbocycles. The summed E-state index contributed by atoms with van der Waals surface area (Å²) >= 11 is 0. The predicted molar refractivity (Wildman–Crippen MR) is 108 cm³/mol. The third-order valence-electron chi connectivity index (χ3n) is 4.30. The number of amides is 2. The van der Waals surface area contributed by atoms with Crippen LogP contribution in [0.15, 0.2) is 42.5 Å². The third-order valence-corrected chi connectivity index (χ3v) is 4.30. The molecule has 0 fully saturated rings. The molecule has 0 aliphatic rings. The summed E-state index contributed by atoms with van der Waals surface area (Å²) in [5.41, 5.74) is 3.15. The summed E-state index contributed by atoms with van der Waals surface area (Å²) in [7, 11) is 0. The Labute approximate surface area is 161 Å². The Morgan fingerprint density at radius 3 is 2.48 bits per heavy atom. The summed E-state index contributed by atoms with van der Waals surface area (Å²) in [6.45, 7) is 10.2. The predicted octanol–water partition coefficient (Wildman–Crippen LogP) is 4.27. The van der Waals surface area contributed by atoms with Crippen molar-refractivity contribution in [2.24, 2.45) is 0 Å². The molecular weight excluding hydrogens is 340 g/mol. The van der Waals surface area contributed by atoms with E-state index in [1.54, 1.807) is 19.1 Å². The van der Waals surface area contributed by atoms with Gasteiger partial charge in [0.15, 0.2) is 6.10 Å². The van der Waals surface area contributed by atoms with Crippen molar-refractivity contribution in [2.45, 2.75) is 46.6 Å². The van der Waals surface area contributed by atoms with Gasteiger partial charge in [-0.15, -0.1) is 0 Å². The van der Waals surface area contributed by atoms with Crippen LogP contribution in [-0.2, 0) is 4.79 Å². The van der Waals surface area contributed by atoms with E-state index in [4.69, 9.17) is 4.74 Å². The van der Waals surface area contributed by atoms with Crippen LogP contribution < -0.4 is 15.4 Å². The van der Waals surface area contributed by atoms with Crippen LogP contribution in [0.2, 0.25) is 0 Å². The molecule has 0 aliphatic carbocycles. The summed E-state index contributed by atoms with van der Waals surface area (Å²) in [6, 6.07) is 13.0. The zero-order valence-corrected chi connectivity index (χ0v) is 16.6. The first kappa shape index (κ1) is 20.5. The van der Waals surface area contributed by atoms with Crippen molar-refractivity contribution in [3.63, 3.8) is 0 Å². The van der Waals surface area contributed by atoms with E-state index in [0.29, 0.717) is 29.5 Å². The van der Waals surface area contributed by atoms with Crippen molar-refractivity contribution in [3.05, 3.63) is 59.2 Å². The summed E-state index contributed by atoms with van der Waals surface area (Å²) in [6.07, 6.45) is -0.667. The first-order valence-electron chi connectivity index (χ1n) is 9.28. The van der Waals surface area contributed by atoms with E-state index in [-0.39, 0.29) is 11.8 Å². The molecule has 5 nitrogen and oxygen atoms in total. The molecule has 27 heavy (non-hydrogen) atoms. The first-order valence-corrected chi connectivity index (χ1v) is 9.28. The molecule has 0 spiro atoms. The molecule has 0 bridgehead atoms. The lowest BCUT2D eigenvalue weighted by molar-refractivity contribution is -0.122. The van der Waals surface area contributed by atoms with Gasteiger partial charge in [-0.2, -0.15) is 0 Å². The number of hydrogen-bond donors (Lipinski definition) is 2. The molecule has 1 atom stereocenters. The molecule has 144 valence electrons. The fourth-order valence-corrected chi connectivity index (χ4v) is 2.60. The highest BCUT2D eigenvalue weighted by molar-refractivity contribution is 5.98. The van der Waals surface area contributed by atoms with Gasteiger partial charge in [-0.05, 0) is 62.1 Å². The molecule has 1 unspecified atom stereocenters. The minimum absolute atomic E-state index is 0.164. The lowest BCUT2D eigenvalue weighted by Crippen LogP contribution is -2.30. The van der Waals surface area contributed by atoms with Crippen LogP contribution in [-0.4, -0.2) is 24.5 Å². The van der Waals surface area contributed by atoms with Gasteiger partial charge < -0.3 is 15.4 Å². The zero-order chi connectivity index (χ0) is 20.0. The van der Waals surface area contributed by atoms with Crippen LogP contribution in [0.4, 0.5) is 5.69 Å². The topological polar surface area (TPSA) is 67.4 Å². The van der Waals surface area contributed by atoms with E-state index in [1.807, 2.05) is 44.2 Å². The van der Waals surface area contributed by atoms with Crippen LogP contribution in [0.5, 0.6) is 5.75 Å². The lowest BCUT2D eigenvalue weighted by Gasteiger charge is -2.17. The molecule has 0 aliphatic heterocycles. The van der Waals surface area contributed by atoms with E-state index >= 15 is 0 Å². The second-order valence-electron chi connectivity index (χ2n) is 6.87. The van der Waals surface area contributed by atoms with E-state index < -0.39 is 6.10 Å². The second-order valence-corrected chi connectivity index (χ2v) is 6.87. The van der Waals surface area contributed by atoms with Gasteiger partial charge in [0.1, 0.15) is 5.75 Å². The number of carbonyl (C=O) groups is 2. The molecule has 2 amide bonds. The Morgan fingerprint density at radius 2 is 1.81 bits per heavy atom. The number of benzene rings is 2. The van der Waals surface area contributed by atoms with E-state index in [0.717, 1.165) is 11.1 Å². The van der Waals surface area contributed by atoms with Crippen LogP contribution in [0.3, 0.4) is 0 Å². The minimum atomic E-state index is -0.667. The zero-order valence-electron chi connectivity index (χ0n) is 16.6. The van der Waals surface area contributed by atoms with Crippen molar-refractivity contribution >= 4 is 17.5 Å². The highest BCUT2D eigenvalue weighted by atomic mass is 16.5. The van der Waals surface area contributed by atoms with E-state index in [9.17, 15) is 9.59 Å². The van der Waals surface area contributed by atoms with E-state index in [1.165, 1.54) is 0 Å². The molecule has 0 aromatic heterocycles. The molecule has 2 N–H and O–H groups in total. The van der Waals surface area contributed by atoms with Gasteiger partial charge in [-0.3, -0.25) is 9.59 Å². The molecule has 0 saturated heterocycles. The summed E-state index contributed by atoms with van der Waals surface area (Å²) in [4.78, 5) is 24.6. The van der Waals surface area contributed by atoms with Crippen molar-refractivity contribution in [3.8, 4) is 5.75 Å². The third kappa shape index (κ3) is 5.58. The Kier molecular flexibility index (Phi) is 6.99. The Bertz CT molecular complexity index is 815. The van der Waals surface area contributed by atoms with Crippen LogP contribution in [0.1, 0.15) is 55.1 Å².